The van der Waals surface area contributed by atoms with Crippen LogP contribution >= 0.6 is 0 Å². The van der Waals surface area contributed by atoms with Gasteiger partial charge >= 0.3 is 0 Å². The average molecular weight is 953 g/mol. The van der Waals surface area contributed by atoms with Gasteiger partial charge in [-0.25, -0.2) is 9.13 Å². The maximum absolute atomic E-state index is 2.57. The molecule has 1 aliphatic heterocycles. The molecule has 0 N–H and O–H groups in total. The van der Waals surface area contributed by atoms with Gasteiger partial charge in [0.25, 0.3) is 0 Å². The first kappa shape index (κ1) is 38.6. The average Bonchev–Trinajstić information content (AvgIpc) is 3.32. The van der Waals surface area contributed by atoms with E-state index < -0.39 is 0 Å². The van der Waals surface area contributed by atoms with E-state index in [-0.39, 0.29) is 71.9 Å². The summed E-state index contributed by atoms with van der Waals surface area (Å²) in [6.07, 6.45) is 25.3. The van der Waals surface area contributed by atoms with Crippen LogP contribution in [-0.2, 0) is 20.6 Å². The van der Waals surface area contributed by atoms with Crippen molar-refractivity contribution in [1.82, 2.24) is 4.57 Å². The van der Waals surface area contributed by atoms with Crippen molar-refractivity contribution in [2.24, 2.45) is 14.1 Å². The molecule has 2 aromatic carbocycles. The monoisotopic (exact) mass is 952 g/mol. The SMILES string of the molecule is C[n+]1ccc(/C=C/c2ccc3c(c2)c2cc(/C=C/c4cc[n+](C)cc4)ccc2n3CCCCC[N+]2(C)CCCCC2)cc1.[I-].[I-].[I-]. The van der Waals surface area contributed by atoms with Crippen LogP contribution in [0.15, 0.2) is 85.5 Å². The third kappa shape index (κ3) is 9.85. The fourth-order valence-electron chi connectivity index (χ4n) is 6.66. The molecule has 0 spiro atoms. The molecule has 7 heteroatoms. The zero-order valence-electron chi connectivity index (χ0n) is 27.4. The van der Waals surface area contributed by atoms with E-state index in [1.807, 2.05) is 0 Å². The lowest BCUT2D eigenvalue weighted by Gasteiger charge is -2.37. The highest BCUT2D eigenvalue weighted by Crippen LogP contribution is 2.32. The normalized spacial score (nSPS) is 14.3. The molecule has 1 fully saturated rings. The molecule has 1 aliphatic rings. The van der Waals surface area contributed by atoms with E-state index in [0.717, 1.165) is 6.54 Å². The maximum atomic E-state index is 2.57. The molecular weight excluding hydrogens is 905 g/mol. The predicted octanol–water partition coefficient (Wildman–Crippen LogP) is -1.40. The van der Waals surface area contributed by atoms with E-state index in [2.05, 4.69) is 145 Å². The summed E-state index contributed by atoms with van der Waals surface area (Å²) in [6.45, 7) is 5.13. The van der Waals surface area contributed by atoms with Gasteiger partial charge in [0.1, 0.15) is 14.1 Å². The third-order valence-electron chi connectivity index (χ3n) is 9.33. The van der Waals surface area contributed by atoms with Crippen LogP contribution < -0.4 is 81.1 Å². The van der Waals surface area contributed by atoms with Gasteiger partial charge < -0.3 is 81.0 Å². The first-order chi connectivity index (χ1) is 21.0. The number of aromatic nitrogens is 3. The number of unbranched alkanes of at least 4 members (excludes halogenated alkanes) is 2. The number of piperidine rings is 1. The summed E-state index contributed by atoms with van der Waals surface area (Å²) in [5, 5.41) is 2.68. The fraction of sp³-hybridized carbons (Fsp3) is 0.333. The topological polar surface area (TPSA) is 12.7 Å². The Morgan fingerprint density at radius 1 is 0.587 bits per heavy atom. The minimum atomic E-state index is 0. The number of rotatable bonds is 10. The van der Waals surface area contributed by atoms with Gasteiger partial charge in [0.15, 0.2) is 24.8 Å². The van der Waals surface area contributed by atoms with Crippen LogP contribution in [0.3, 0.4) is 0 Å². The molecule has 6 rings (SSSR count). The molecule has 0 radical (unpaired) electrons. The Hall–Kier alpha value is -1.83. The van der Waals surface area contributed by atoms with Crippen LogP contribution in [0, 0.1) is 0 Å². The van der Waals surface area contributed by atoms with Gasteiger partial charge in [0, 0.05) is 52.6 Å². The van der Waals surface area contributed by atoms with Gasteiger partial charge in [0.05, 0.1) is 26.7 Å². The summed E-state index contributed by atoms with van der Waals surface area (Å²) >= 11 is 0. The van der Waals surface area contributed by atoms with Gasteiger partial charge in [-0.15, -0.1) is 0 Å². The molecule has 0 aliphatic carbocycles. The van der Waals surface area contributed by atoms with E-state index in [4.69, 9.17) is 0 Å². The highest BCUT2D eigenvalue weighted by atomic mass is 127. The van der Waals surface area contributed by atoms with Gasteiger partial charge in [-0.2, -0.15) is 0 Å². The summed E-state index contributed by atoms with van der Waals surface area (Å²) in [5.74, 6) is 0. The number of benzene rings is 2. The standard InChI is InChI=1S/C39H47N4.3HI/c1-40-23-18-32(19-24-40)10-12-34-14-16-38-36(30-34)37-31-35(13-11-33-20-25-41(2)26-21-33)15-17-39(37)42(38)22-6-4-7-27-43(3)28-8-5-9-29-43;;;/h10-21,23-26,30-31H,4-9,22,27-29H2,1-3H3;3*1H/q+3;;;/p-3. The second kappa shape index (κ2) is 18.1. The largest absolute Gasteiger partial charge is 1.00 e. The van der Waals surface area contributed by atoms with Gasteiger partial charge in [0.2, 0.25) is 0 Å². The number of hydrogen-bond donors (Lipinski definition) is 0. The van der Waals surface area contributed by atoms with Crippen LogP contribution in [0.4, 0.5) is 0 Å². The molecule has 0 unspecified atom stereocenters. The molecule has 0 amide bonds. The molecule has 5 aromatic rings. The Morgan fingerprint density at radius 2 is 1.04 bits per heavy atom. The molecule has 4 heterocycles. The quantitative estimate of drug-likeness (QED) is 0.0709. The van der Waals surface area contributed by atoms with E-state index >= 15 is 0 Å². The van der Waals surface area contributed by atoms with Crippen molar-refractivity contribution in [2.45, 2.75) is 45.1 Å². The number of pyridine rings is 2. The molecular formula is C39H47I3N4. The van der Waals surface area contributed by atoms with Crippen LogP contribution in [0.25, 0.3) is 46.1 Å². The maximum Gasteiger partial charge on any atom is 0.169 e. The molecule has 0 saturated carbocycles. The molecule has 1 saturated heterocycles. The van der Waals surface area contributed by atoms with E-state index in [9.17, 15) is 0 Å². The smallest absolute Gasteiger partial charge is 0.169 e. The Balaban J connectivity index is 0.00000192. The Labute approximate surface area is 326 Å². The van der Waals surface area contributed by atoms with Crippen molar-refractivity contribution in [3.63, 3.8) is 0 Å². The Kier molecular flexibility index (Phi) is 15.2. The number of hydrogen-bond acceptors (Lipinski definition) is 0. The number of nitrogens with zero attached hydrogens (tertiary/aromatic N) is 4. The van der Waals surface area contributed by atoms with Gasteiger partial charge in [-0.1, -0.05) is 36.4 Å². The summed E-state index contributed by atoms with van der Waals surface area (Å²) in [5.41, 5.74) is 7.57. The van der Waals surface area contributed by atoms with Crippen molar-refractivity contribution in [2.75, 3.05) is 26.7 Å². The van der Waals surface area contributed by atoms with Crippen LogP contribution in [-0.4, -0.2) is 35.7 Å². The fourth-order valence-corrected chi connectivity index (χ4v) is 6.66. The first-order valence-corrected chi connectivity index (χ1v) is 16.1. The Bertz CT molecular complexity index is 1640. The van der Waals surface area contributed by atoms with Crippen LogP contribution in [0.1, 0.15) is 60.8 Å². The summed E-state index contributed by atoms with van der Waals surface area (Å²) in [4.78, 5) is 0. The zero-order valence-corrected chi connectivity index (χ0v) is 33.9. The van der Waals surface area contributed by atoms with Crippen molar-refractivity contribution in [3.05, 3.63) is 108 Å². The molecule has 0 atom stereocenters. The molecule has 46 heavy (non-hydrogen) atoms. The van der Waals surface area contributed by atoms with Crippen LogP contribution in [0.5, 0.6) is 0 Å². The van der Waals surface area contributed by atoms with Crippen molar-refractivity contribution in [1.29, 1.82) is 0 Å². The molecule has 244 valence electrons. The minimum Gasteiger partial charge on any atom is -1.00 e. The Morgan fingerprint density at radius 3 is 1.52 bits per heavy atom. The second-order valence-corrected chi connectivity index (χ2v) is 12.9. The summed E-state index contributed by atoms with van der Waals surface area (Å²) < 4.78 is 7.98. The highest BCUT2D eigenvalue weighted by Gasteiger charge is 2.23. The van der Waals surface area contributed by atoms with E-state index in [1.54, 1.807) is 0 Å². The zero-order chi connectivity index (χ0) is 29.6. The van der Waals surface area contributed by atoms with Crippen molar-refractivity contribution >= 4 is 46.1 Å². The lowest BCUT2D eigenvalue weighted by molar-refractivity contribution is -0.914. The number of quaternary nitrogens is 1. The van der Waals surface area contributed by atoms with Crippen molar-refractivity contribution < 1.29 is 85.5 Å². The predicted molar refractivity (Wildman–Crippen MR) is 181 cm³/mol. The molecule has 4 nitrogen and oxygen atoms in total. The number of aryl methyl sites for hydroxylation is 3. The lowest BCUT2D eigenvalue weighted by Crippen LogP contribution is -3.00. The first-order valence-electron chi connectivity index (χ1n) is 16.1. The number of likely N-dealkylation sites (tertiary alicyclic amines) is 1. The lowest BCUT2D eigenvalue weighted by atomic mass is 10.1. The van der Waals surface area contributed by atoms with E-state index in [1.165, 1.54) is 107 Å². The molecule has 3 aromatic heterocycles. The number of halogens is 3. The van der Waals surface area contributed by atoms with E-state index in [0.29, 0.717) is 0 Å². The van der Waals surface area contributed by atoms with Gasteiger partial charge in [-0.3, -0.25) is 0 Å². The number of fused-ring (bicyclic) bond motifs is 3. The minimum absolute atomic E-state index is 0. The van der Waals surface area contributed by atoms with Crippen molar-refractivity contribution in [3.8, 4) is 0 Å². The molecule has 0 bridgehead atoms. The summed E-state index contributed by atoms with van der Waals surface area (Å²) in [6, 6.07) is 22.6. The second-order valence-electron chi connectivity index (χ2n) is 12.9. The van der Waals surface area contributed by atoms with Gasteiger partial charge in [-0.05, 0) is 85.0 Å². The third-order valence-corrected chi connectivity index (χ3v) is 9.33. The summed E-state index contributed by atoms with van der Waals surface area (Å²) in [7, 11) is 6.58. The van der Waals surface area contributed by atoms with Crippen LogP contribution in [0.2, 0.25) is 0 Å². The highest BCUT2D eigenvalue weighted by molar-refractivity contribution is 6.09.